The predicted molar refractivity (Wildman–Crippen MR) is 77.7 cm³/mol. The molecule has 0 aromatic heterocycles. The summed E-state index contributed by atoms with van der Waals surface area (Å²) in [4.78, 5) is 0. The molecule has 1 aromatic rings. The van der Waals surface area contributed by atoms with Crippen molar-refractivity contribution in [2.24, 2.45) is 0 Å². The van der Waals surface area contributed by atoms with Crippen molar-refractivity contribution in [1.82, 2.24) is 0 Å². The summed E-state index contributed by atoms with van der Waals surface area (Å²) in [5, 5.41) is 21.1. The molecule has 0 spiro atoms. The number of hydrogen-bond donors (Lipinski definition) is 3. The summed E-state index contributed by atoms with van der Waals surface area (Å²) in [5.41, 5.74) is 0.888. The van der Waals surface area contributed by atoms with Crippen molar-refractivity contribution in [2.45, 2.75) is 38.7 Å². The van der Waals surface area contributed by atoms with E-state index >= 15 is 0 Å². The second kappa shape index (κ2) is 9.64. The lowest BCUT2D eigenvalue weighted by molar-refractivity contribution is 0.105. The van der Waals surface area contributed by atoms with E-state index in [1.165, 1.54) is 19.3 Å². The molecule has 0 aliphatic carbocycles. The molecule has 108 valence electrons. The van der Waals surface area contributed by atoms with Gasteiger partial charge in [0.2, 0.25) is 0 Å². The van der Waals surface area contributed by atoms with Gasteiger partial charge >= 0.3 is 0 Å². The van der Waals surface area contributed by atoms with Crippen molar-refractivity contribution in [1.29, 1.82) is 0 Å². The number of unbranched alkanes of at least 4 members (excludes halogenated alkanes) is 3. The van der Waals surface area contributed by atoms with Crippen LogP contribution < -0.4 is 10.1 Å². The molecule has 0 aliphatic rings. The van der Waals surface area contributed by atoms with Crippen molar-refractivity contribution < 1.29 is 14.9 Å². The van der Waals surface area contributed by atoms with Gasteiger partial charge in [-0.3, -0.25) is 0 Å². The highest BCUT2D eigenvalue weighted by atomic mass is 16.5. The van der Waals surface area contributed by atoms with Gasteiger partial charge in [0.25, 0.3) is 0 Å². The number of benzene rings is 1. The van der Waals surface area contributed by atoms with E-state index in [0.29, 0.717) is 6.54 Å². The van der Waals surface area contributed by atoms with Gasteiger partial charge in [-0.25, -0.2) is 0 Å². The van der Waals surface area contributed by atoms with Crippen LogP contribution in [0.15, 0.2) is 24.3 Å². The standard InChI is InChI=1S/C15H25NO3/c1-2-3-4-5-9-19-15-8-6-7-13(10-15)16-11-14(18)12-17/h6-8,10,14,16-18H,2-5,9,11-12H2,1H3. The molecule has 0 amide bonds. The third kappa shape index (κ3) is 7.03. The van der Waals surface area contributed by atoms with Crippen LogP contribution in [-0.4, -0.2) is 36.1 Å². The van der Waals surface area contributed by atoms with Crippen LogP contribution in [0.3, 0.4) is 0 Å². The zero-order valence-electron chi connectivity index (χ0n) is 11.6. The number of aliphatic hydroxyl groups is 2. The van der Waals surface area contributed by atoms with Gasteiger partial charge in [-0.2, -0.15) is 0 Å². The molecule has 3 N–H and O–H groups in total. The minimum Gasteiger partial charge on any atom is -0.494 e. The normalized spacial score (nSPS) is 12.2. The Bertz CT molecular complexity index is 344. The number of hydrogen-bond acceptors (Lipinski definition) is 4. The molecule has 0 saturated heterocycles. The fourth-order valence-electron chi connectivity index (χ4n) is 1.71. The van der Waals surface area contributed by atoms with E-state index in [2.05, 4.69) is 12.2 Å². The summed E-state index contributed by atoms with van der Waals surface area (Å²) in [6.45, 7) is 3.02. The molecule has 1 aromatic carbocycles. The molecule has 0 bridgehead atoms. The van der Waals surface area contributed by atoms with Crippen LogP contribution >= 0.6 is 0 Å². The Kier molecular flexibility index (Phi) is 8.02. The maximum absolute atomic E-state index is 9.27. The monoisotopic (exact) mass is 267 g/mol. The molecule has 4 heteroatoms. The third-order valence-electron chi connectivity index (χ3n) is 2.85. The Morgan fingerprint density at radius 3 is 2.84 bits per heavy atom. The molecule has 0 saturated carbocycles. The van der Waals surface area contributed by atoms with Crippen LogP contribution in [-0.2, 0) is 0 Å². The van der Waals surface area contributed by atoms with Crippen LogP contribution in [0.5, 0.6) is 5.75 Å². The molecule has 1 rings (SSSR count). The van der Waals surface area contributed by atoms with Gasteiger partial charge in [0.05, 0.1) is 19.3 Å². The molecule has 19 heavy (non-hydrogen) atoms. The largest absolute Gasteiger partial charge is 0.494 e. The highest BCUT2D eigenvalue weighted by Crippen LogP contribution is 2.17. The van der Waals surface area contributed by atoms with Crippen LogP contribution in [0.4, 0.5) is 5.69 Å². The lowest BCUT2D eigenvalue weighted by atomic mass is 10.2. The SMILES string of the molecule is CCCCCCOc1cccc(NCC(O)CO)c1. The van der Waals surface area contributed by atoms with E-state index in [-0.39, 0.29) is 6.61 Å². The van der Waals surface area contributed by atoms with Crippen LogP contribution in [0.25, 0.3) is 0 Å². The predicted octanol–water partition coefficient (Wildman–Crippen LogP) is 2.41. The van der Waals surface area contributed by atoms with Crippen LogP contribution in [0.1, 0.15) is 32.6 Å². The van der Waals surface area contributed by atoms with E-state index < -0.39 is 6.10 Å². The van der Waals surface area contributed by atoms with Crippen LogP contribution in [0, 0.1) is 0 Å². The van der Waals surface area contributed by atoms with Crippen molar-refractivity contribution in [3.05, 3.63) is 24.3 Å². The van der Waals surface area contributed by atoms with E-state index in [0.717, 1.165) is 24.5 Å². The lowest BCUT2D eigenvalue weighted by Crippen LogP contribution is -2.22. The molecular formula is C15H25NO3. The highest BCUT2D eigenvalue weighted by molar-refractivity contribution is 5.48. The van der Waals surface area contributed by atoms with E-state index in [1.807, 2.05) is 24.3 Å². The van der Waals surface area contributed by atoms with E-state index in [9.17, 15) is 5.11 Å². The maximum atomic E-state index is 9.27. The summed E-state index contributed by atoms with van der Waals surface area (Å²) >= 11 is 0. The summed E-state index contributed by atoms with van der Waals surface area (Å²) in [6.07, 6.45) is 4.03. The second-order valence-corrected chi connectivity index (χ2v) is 4.65. The highest BCUT2D eigenvalue weighted by Gasteiger charge is 2.02. The Labute approximate surface area is 115 Å². The summed E-state index contributed by atoms with van der Waals surface area (Å²) in [6, 6.07) is 7.65. The molecule has 1 atom stereocenters. The molecule has 0 fully saturated rings. The number of ether oxygens (including phenoxy) is 1. The van der Waals surface area contributed by atoms with Crippen LogP contribution in [0.2, 0.25) is 0 Å². The first-order valence-corrected chi connectivity index (χ1v) is 7.02. The molecule has 0 heterocycles. The molecular weight excluding hydrogens is 242 g/mol. The number of anilines is 1. The minimum absolute atomic E-state index is 0.235. The number of rotatable bonds is 10. The van der Waals surface area contributed by atoms with Gasteiger partial charge in [-0.05, 0) is 18.6 Å². The van der Waals surface area contributed by atoms with E-state index in [4.69, 9.17) is 9.84 Å². The van der Waals surface area contributed by atoms with Gasteiger partial charge in [0, 0.05) is 18.3 Å². The third-order valence-corrected chi connectivity index (χ3v) is 2.85. The van der Waals surface area contributed by atoms with Crippen molar-refractivity contribution in [2.75, 3.05) is 25.1 Å². The smallest absolute Gasteiger partial charge is 0.121 e. The molecule has 0 aliphatic heterocycles. The summed E-state index contributed by atoms with van der Waals surface area (Å²) in [7, 11) is 0. The van der Waals surface area contributed by atoms with Gasteiger partial charge in [0.1, 0.15) is 5.75 Å². The molecule has 4 nitrogen and oxygen atoms in total. The minimum atomic E-state index is -0.737. The Balaban J connectivity index is 2.31. The van der Waals surface area contributed by atoms with Gasteiger partial charge in [0.15, 0.2) is 0 Å². The number of nitrogens with one attached hydrogen (secondary N) is 1. The zero-order chi connectivity index (χ0) is 13.9. The van der Waals surface area contributed by atoms with Gasteiger partial charge in [-0.15, -0.1) is 0 Å². The average Bonchev–Trinajstić information content (AvgIpc) is 2.45. The van der Waals surface area contributed by atoms with Crippen molar-refractivity contribution >= 4 is 5.69 Å². The quantitative estimate of drug-likeness (QED) is 0.570. The first kappa shape index (κ1) is 15.8. The number of aliphatic hydroxyl groups excluding tert-OH is 2. The van der Waals surface area contributed by atoms with Gasteiger partial charge in [-0.1, -0.05) is 32.3 Å². The fourth-order valence-corrected chi connectivity index (χ4v) is 1.71. The first-order valence-electron chi connectivity index (χ1n) is 7.02. The lowest BCUT2D eigenvalue weighted by Gasteiger charge is -2.12. The van der Waals surface area contributed by atoms with Gasteiger partial charge < -0.3 is 20.3 Å². The Hall–Kier alpha value is -1.26. The molecule has 0 radical (unpaired) electrons. The topological polar surface area (TPSA) is 61.7 Å². The zero-order valence-corrected chi connectivity index (χ0v) is 11.6. The van der Waals surface area contributed by atoms with E-state index in [1.54, 1.807) is 0 Å². The first-order chi connectivity index (χ1) is 9.26. The Morgan fingerprint density at radius 1 is 1.26 bits per heavy atom. The summed E-state index contributed by atoms with van der Waals surface area (Å²) in [5.74, 6) is 0.833. The van der Waals surface area contributed by atoms with Crippen molar-refractivity contribution in [3.63, 3.8) is 0 Å². The molecule has 1 unspecified atom stereocenters. The average molecular weight is 267 g/mol. The Morgan fingerprint density at radius 2 is 2.11 bits per heavy atom. The maximum Gasteiger partial charge on any atom is 0.121 e. The summed E-state index contributed by atoms with van der Waals surface area (Å²) < 4.78 is 5.67. The van der Waals surface area contributed by atoms with Crippen molar-refractivity contribution in [3.8, 4) is 5.75 Å². The fraction of sp³-hybridized carbons (Fsp3) is 0.600. The second-order valence-electron chi connectivity index (χ2n) is 4.65.